The molecule has 4 rings (SSSR count). The molecule has 1 atom stereocenters. The number of anilines is 1. The van der Waals surface area contributed by atoms with Gasteiger partial charge in [-0.2, -0.15) is 0 Å². The molecule has 5 nitrogen and oxygen atoms in total. The molecule has 0 bridgehead atoms. The van der Waals surface area contributed by atoms with Gasteiger partial charge in [0.15, 0.2) is 0 Å². The first-order valence-corrected chi connectivity index (χ1v) is 10.1. The van der Waals surface area contributed by atoms with Gasteiger partial charge in [0, 0.05) is 12.1 Å². The number of fused-ring (bicyclic) bond motifs is 1. The Kier molecular flexibility index (Phi) is 5.44. The van der Waals surface area contributed by atoms with Crippen molar-refractivity contribution in [2.24, 2.45) is 10.9 Å². The molecule has 1 fully saturated rings. The Bertz CT molecular complexity index is 876. The largest absolute Gasteiger partial charge is 0.494 e. The van der Waals surface area contributed by atoms with Gasteiger partial charge < -0.3 is 4.74 Å². The predicted molar refractivity (Wildman–Crippen MR) is 113 cm³/mol. The number of carbonyl (C=O) groups excluding carboxylic acids is 1. The number of carbonyl (C=O) groups is 1. The van der Waals surface area contributed by atoms with Gasteiger partial charge in [0.2, 0.25) is 0 Å². The van der Waals surface area contributed by atoms with E-state index < -0.39 is 0 Å². The molecule has 1 amide bonds. The molecule has 0 N–H and O–H groups in total. The summed E-state index contributed by atoms with van der Waals surface area (Å²) in [4.78, 5) is 22.2. The van der Waals surface area contributed by atoms with Crippen molar-refractivity contribution in [1.29, 1.82) is 0 Å². The van der Waals surface area contributed by atoms with Gasteiger partial charge in [-0.1, -0.05) is 25.1 Å². The fraction of sp³-hybridized carbons (Fsp3) is 0.391. The molecule has 0 aliphatic carbocycles. The van der Waals surface area contributed by atoms with Crippen LogP contribution in [-0.2, 0) is 4.79 Å². The summed E-state index contributed by atoms with van der Waals surface area (Å²) >= 11 is 0. The van der Waals surface area contributed by atoms with E-state index in [9.17, 15) is 4.79 Å². The minimum absolute atomic E-state index is 0.0201. The average Bonchev–Trinajstić information content (AvgIpc) is 2.96. The second kappa shape index (κ2) is 8.15. The SMILES string of the molecule is CCOc1ccc(N=C2C(=O)N(CN3CCC[C@H](C)C3)c3ccccc32)cc1. The molecular formula is C23H27N3O2. The normalized spacial score (nSPS) is 21.2. The third kappa shape index (κ3) is 3.80. The molecule has 5 heteroatoms. The zero-order valence-corrected chi connectivity index (χ0v) is 16.6. The molecule has 146 valence electrons. The van der Waals surface area contributed by atoms with Crippen LogP contribution in [-0.4, -0.2) is 42.9 Å². The lowest BCUT2D eigenvalue weighted by molar-refractivity contribution is -0.112. The Morgan fingerprint density at radius 2 is 1.93 bits per heavy atom. The maximum atomic E-state index is 13.2. The van der Waals surface area contributed by atoms with Crippen molar-refractivity contribution < 1.29 is 9.53 Å². The van der Waals surface area contributed by atoms with Crippen molar-refractivity contribution in [2.45, 2.75) is 26.7 Å². The monoisotopic (exact) mass is 377 g/mol. The molecular weight excluding hydrogens is 350 g/mol. The van der Waals surface area contributed by atoms with Gasteiger partial charge in [-0.05, 0) is 62.6 Å². The molecule has 0 aromatic heterocycles. The second-order valence-corrected chi connectivity index (χ2v) is 7.60. The number of rotatable bonds is 5. The van der Waals surface area contributed by atoms with Gasteiger partial charge >= 0.3 is 0 Å². The number of nitrogens with zero attached hydrogens (tertiary/aromatic N) is 3. The first kappa shape index (κ1) is 18.7. The third-order valence-electron chi connectivity index (χ3n) is 5.37. The minimum atomic E-state index is -0.0201. The van der Waals surface area contributed by atoms with E-state index >= 15 is 0 Å². The number of aliphatic imine (C=N–C) groups is 1. The number of likely N-dealkylation sites (tertiary alicyclic amines) is 1. The van der Waals surface area contributed by atoms with Gasteiger partial charge in [-0.15, -0.1) is 0 Å². The highest BCUT2D eigenvalue weighted by atomic mass is 16.5. The van der Waals surface area contributed by atoms with Crippen LogP contribution in [0.3, 0.4) is 0 Å². The van der Waals surface area contributed by atoms with E-state index in [1.54, 1.807) is 0 Å². The Morgan fingerprint density at radius 3 is 2.68 bits per heavy atom. The Morgan fingerprint density at radius 1 is 1.14 bits per heavy atom. The summed E-state index contributed by atoms with van der Waals surface area (Å²) in [7, 11) is 0. The summed E-state index contributed by atoms with van der Waals surface area (Å²) in [5.41, 5.74) is 3.14. The Hall–Kier alpha value is -2.66. The van der Waals surface area contributed by atoms with Gasteiger partial charge in [-0.25, -0.2) is 4.99 Å². The molecule has 2 heterocycles. The summed E-state index contributed by atoms with van der Waals surface area (Å²) in [6.07, 6.45) is 2.46. The predicted octanol–water partition coefficient (Wildman–Crippen LogP) is 4.24. The fourth-order valence-corrected chi connectivity index (χ4v) is 4.04. The van der Waals surface area contributed by atoms with E-state index in [1.807, 2.05) is 60.4 Å². The third-order valence-corrected chi connectivity index (χ3v) is 5.37. The van der Waals surface area contributed by atoms with Crippen LogP contribution < -0.4 is 9.64 Å². The first-order chi connectivity index (χ1) is 13.7. The molecule has 0 radical (unpaired) electrons. The molecule has 28 heavy (non-hydrogen) atoms. The molecule has 2 aliphatic heterocycles. The maximum Gasteiger partial charge on any atom is 0.278 e. The molecule has 1 saturated heterocycles. The smallest absolute Gasteiger partial charge is 0.278 e. The first-order valence-electron chi connectivity index (χ1n) is 10.1. The highest BCUT2D eigenvalue weighted by molar-refractivity contribution is 6.54. The van der Waals surface area contributed by atoms with Crippen LogP contribution in [0.4, 0.5) is 11.4 Å². The van der Waals surface area contributed by atoms with E-state index in [1.165, 1.54) is 12.8 Å². The Balaban J connectivity index is 1.61. The number of ether oxygens (including phenoxy) is 1. The van der Waals surface area contributed by atoms with Crippen LogP contribution in [0.2, 0.25) is 0 Å². The highest BCUT2D eigenvalue weighted by Crippen LogP contribution is 2.32. The molecule has 0 spiro atoms. The van der Waals surface area contributed by atoms with Crippen molar-refractivity contribution in [1.82, 2.24) is 4.90 Å². The van der Waals surface area contributed by atoms with Crippen LogP contribution in [0.5, 0.6) is 5.75 Å². The van der Waals surface area contributed by atoms with E-state index in [2.05, 4.69) is 11.8 Å². The van der Waals surface area contributed by atoms with Gasteiger partial charge in [-0.3, -0.25) is 14.6 Å². The molecule has 2 aromatic carbocycles. The average molecular weight is 377 g/mol. The van der Waals surface area contributed by atoms with Gasteiger partial charge in [0.25, 0.3) is 5.91 Å². The lowest BCUT2D eigenvalue weighted by Gasteiger charge is -2.33. The molecule has 2 aliphatic rings. The molecule has 0 unspecified atom stereocenters. The van der Waals surface area contributed by atoms with Crippen molar-refractivity contribution >= 4 is 23.0 Å². The summed E-state index contributed by atoms with van der Waals surface area (Å²) in [5.74, 6) is 1.47. The number of hydrogen-bond donors (Lipinski definition) is 0. The van der Waals surface area contributed by atoms with E-state index in [-0.39, 0.29) is 5.91 Å². The maximum absolute atomic E-state index is 13.2. The fourth-order valence-electron chi connectivity index (χ4n) is 4.04. The minimum Gasteiger partial charge on any atom is -0.494 e. The zero-order chi connectivity index (χ0) is 19.5. The van der Waals surface area contributed by atoms with Crippen LogP contribution in [0.1, 0.15) is 32.3 Å². The summed E-state index contributed by atoms with van der Waals surface area (Å²) in [5, 5.41) is 0. The van der Waals surface area contributed by atoms with Crippen LogP contribution in [0, 0.1) is 5.92 Å². The summed E-state index contributed by atoms with van der Waals surface area (Å²) in [6.45, 7) is 7.58. The van der Waals surface area contributed by atoms with Crippen molar-refractivity contribution in [3.05, 3.63) is 54.1 Å². The van der Waals surface area contributed by atoms with Crippen LogP contribution >= 0.6 is 0 Å². The number of hydrogen-bond acceptors (Lipinski definition) is 4. The standard InChI is InChI=1S/C23H27N3O2/c1-3-28-19-12-10-18(11-13-19)24-22-20-8-4-5-9-21(20)26(23(22)27)16-25-14-6-7-17(2)15-25/h4-5,8-13,17H,3,6-7,14-16H2,1-2H3/t17-/m0/s1. The highest BCUT2D eigenvalue weighted by Gasteiger charge is 2.35. The van der Waals surface area contributed by atoms with Gasteiger partial charge in [0.05, 0.1) is 24.7 Å². The molecule has 0 saturated carbocycles. The number of amides is 1. The van der Waals surface area contributed by atoms with Gasteiger partial charge in [0.1, 0.15) is 11.5 Å². The number of piperidine rings is 1. The van der Waals surface area contributed by atoms with E-state index in [0.29, 0.717) is 24.9 Å². The van der Waals surface area contributed by atoms with Crippen molar-refractivity contribution in [3.8, 4) is 5.75 Å². The molecule has 2 aromatic rings. The van der Waals surface area contributed by atoms with E-state index in [4.69, 9.17) is 9.73 Å². The van der Waals surface area contributed by atoms with Crippen molar-refractivity contribution in [2.75, 3.05) is 31.3 Å². The lowest BCUT2D eigenvalue weighted by atomic mass is 10.0. The zero-order valence-electron chi connectivity index (χ0n) is 16.6. The van der Waals surface area contributed by atoms with Crippen LogP contribution in [0.25, 0.3) is 0 Å². The second-order valence-electron chi connectivity index (χ2n) is 7.60. The summed E-state index contributed by atoms with van der Waals surface area (Å²) < 4.78 is 5.49. The van der Waals surface area contributed by atoms with Crippen molar-refractivity contribution in [3.63, 3.8) is 0 Å². The van der Waals surface area contributed by atoms with E-state index in [0.717, 1.165) is 35.8 Å². The Labute approximate surface area is 166 Å². The number of benzene rings is 2. The number of para-hydroxylation sites is 1. The van der Waals surface area contributed by atoms with Crippen LogP contribution in [0.15, 0.2) is 53.5 Å². The quantitative estimate of drug-likeness (QED) is 0.783. The summed E-state index contributed by atoms with van der Waals surface area (Å²) in [6, 6.07) is 15.5. The lowest BCUT2D eigenvalue weighted by Crippen LogP contribution is -2.45. The topological polar surface area (TPSA) is 45.1 Å².